The van der Waals surface area contributed by atoms with Gasteiger partial charge in [-0.15, -0.1) is 11.3 Å². The Labute approximate surface area is 194 Å². The van der Waals surface area contributed by atoms with Crippen molar-refractivity contribution >= 4 is 40.3 Å². The molecule has 1 aromatic heterocycles. The fourth-order valence-electron chi connectivity index (χ4n) is 3.75. The summed E-state index contributed by atoms with van der Waals surface area (Å²) in [6.07, 6.45) is 2.78. The van der Waals surface area contributed by atoms with Crippen LogP contribution in [0.2, 0.25) is 6.32 Å². The number of hydrogen-bond acceptors (Lipinski definition) is 7. The highest BCUT2D eigenvalue weighted by Gasteiger charge is 2.50. The van der Waals surface area contributed by atoms with Crippen LogP contribution in [0.25, 0.3) is 10.1 Å². The Kier molecular flexibility index (Phi) is 7.68. The van der Waals surface area contributed by atoms with Gasteiger partial charge in [-0.3, -0.25) is 9.59 Å². The molecule has 0 bridgehead atoms. The summed E-state index contributed by atoms with van der Waals surface area (Å²) in [4.78, 5) is 24.7. The number of fused-ring (bicyclic) bond motifs is 1. The predicted molar refractivity (Wildman–Crippen MR) is 128 cm³/mol. The highest BCUT2D eigenvalue weighted by atomic mass is 32.1. The predicted octanol–water partition coefficient (Wildman–Crippen LogP) is 5.46. The Morgan fingerprint density at radius 3 is 2.38 bits per heavy atom. The summed E-state index contributed by atoms with van der Waals surface area (Å²) in [5.74, 6) is 0.437. The first kappa shape index (κ1) is 24.7. The zero-order valence-corrected chi connectivity index (χ0v) is 20.7. The number of ketones is 1. The number of hydrogen-bond donors (Lipinski definition) is 0. The van der Waals surface area contributed by atoms with Gasteiger partial charge in [0.05, 0.1) is 36.2 Å². The van der Waals surface area contributed by atoms with Crippen molar-refractivity contribution in [2.24, 2.45) is 0 Å². The van der Waals surface area contributed by atoms with Crippen LogP contribution in [0.15, 0.2) is 18.2 Å². The van der Waals surface area contributed by atoms with Crippen LogP contribution < -0.4 is 4.74 Å². The molecule has 6 nitrogen and oxygen atoms in total. The SMILES string of the molecule is CCOC(=O)CCC(=O)c1cc2cc(CCCB3OC(C)(C)C(C)(C)O3)c(OC)cc2s1. The van der Waals surface area contributed by atoms with Crippen LogP contribution in [0.3, 0.4) is 0 Å². The number of methoxy groups -OCH3 is 1. The number of thiophene rings is 1. The van der Waals surface area contributed by atoms with Crippen molar-refractivity contribution in [1.82, 2.24) is 0 Å². The molecule has 2 aromatic rings. The Bertz CT molecular complexity index is 964. The number of Topliss-reactive ketones (excluding diaryl/α,β-unsaturated/α-hetero) is 1. The second-order valence-electron chi connectivity index (χ2n) is 9.12. The number of carbonyl (C=O) groups is 2. The van der Waals surface area contributed by atoms with Crippen LogP contribution in [0.5, 0.6) is 5.75 Å². The Morgan fingerprint density at radius 2 is 1.75 bits per heavy atom. The normalized spacial score (nSPS) is 17.0. The van der Waals surface area contributed by atoms with E-state index in [2.05, 4.69) is 33.8 Å². The lowest BCUT2D eigenvalue weighted by Gasteiger charge is -2.32. The maximum atomic E-state index is 12.5. The second-order valence-corrected chi connectivity index (χ2v) is 10.2. The van der Waals surface area contributed by atoms with Crippen molar-refractivity contribution in [3.63, 3.8) is 0 Å². The van der Waals surface area contributed by atoms with Gasteiger partial charge in [-0.1, -0.05) is 6.42 Å². The summed E-state index contributed by atoms with van der Waals surface area (Å²) < 4.78 is 23.7. The molecular formula is C24H33BO6S. The monoisotopic (exact) mass is 460 g/mol. The van der Waals surface area contributed by atoms with E-state index in [4.69, 9.17) is 18.8 Å². The van der Waals surface area contributed by atoms with Gasteiger partial charge in [-0.05, 0) is 76.5 Å². The first-order valence-corrected chi connectivity index (χ1v) is 12.0. The first-order valence-electron chi connectivity index (χ1n) is 11.2. The summed E-state index contributed by atoms with van der Waals surface area (Å²) in [5, 5.41) is 1.01. The molecule has 2 heterocycles. The van der Waals surface area contributed by atoms with Gasteiger partial charge in [0, 0.05) is 11.1 Å². The number of carbonyl (C=O) groups excluding carboxylic acids is 2. The number of rotatable bonds is 10. The third-order valence-electron chi connectivity index (χ3n) is 6.24. The minimum absolute atomic E-state index is 0.0412. The fraction of sp³-hybridized carbons (Fsp3) is 0.583. The minimum atomic E-state index is -0.340. The molecule has 0 radical (unpaired) electrons. The zero-order chi connectivity index (χ0) is 23.5. The van der Waals surface area contributed by atoms with Gasteiger partial charge >= 0.3 is 13.1 Å². The van der Waals surface area contributed by atoms with Gasteiger partial charge < -0.3 is 18.8 Å². The average Bonchev–Trinajstić information content (AvgIpc) is 3.22. The molecule has 1 saturated heterocycles. The van der Waals surface area contributed by atoms with E-state index in [1.54, 1.807) is 14.0 Å². The van der Waals surface area contributed by atoms with E-state index in [1.165, 1.54) is 11.3 Å². The van der Waals surface area contributed by atoms with E-state index < -0.39 is 0 Å². The van der Waals surface area contributed by atoms with Gasteiger partial charge in [0.15, 0.2) is 5.78 Å². The average molecular weight is 460 g/mol. The van der Waals surface area contributed by atoms with E-state index >= 15 is 0 Å². The molecule has 0 amide bonds. The van der Waals surface area contributed by atoms with E-state index in [-0.39, 0.29) is 42.9 Å². The minimum Gasteiger partial charge on any atom is -0.496 e. The quantitative estimate of drug-likeness (QED) is 0.266. The van der Waals surface area contributed by atoms with Gasteiger partial charge in [0.25, 0.3) is 0 Å². The number of benzene rings is 1. The number of ether oxygens (including phenoxy) is 2. The maximum absolute atomic E-state index is 12.5. The van der Waals surface area contributed by atoms with Crippen LogP contribution in [0.4, 0.5) is 0 Å². The molecule has 32 heavy (non-hydrogen) atoms. The van der Waals surface area contributed by atoms with Crippen LogP contribution in [-0.4, -0.2) is 43.8 Å². The van der Waals surface area contributed by atoms with Crippen molar-refractivity contribution in [3.05, 3.63) is 28.6 Å². The highest BCUT2D eigenvalue weighted by molar-refractivity contribution is 7.20. The van der Waals surface area contributed by atoms with Crippen molar-refractivity contribution in [2.75, 3.05) is 13.7 Å². The van der Waals surface area contributed by atoms with Gasteiger partial charge in [0.2, 0.25) is 0 Å². The summed E-state index contributed by atoms with van der Waals surface area (Å²) in [7, 11) is 1.46. The lowest BCUT2D eigenvalue weighted by molar-refractivity contribution is -0.143. The number of aryl methyl sites for hydroxylation is 1. The third-order valence-corrected chi connectivity index (χ3v) is 7.38. The topological polar surface area (TPSA) is 71.1 Å². The molecule has 3 rings (SSSR count). The highest BCUT2D eigenvalue weighted by Crippen LogP contribution is 2.38. The smallest absolute Gasteiger partial charge is 0.457 e. The van der Waals surface area contributed by atoms with Gasteiger partial charge in [-0.25, -0.2) is 0 Å². The fourth-order valence-corrected chi connectivity index (χ4v) is 4.79. The van der Waals surface area contributed by atoms with Gasteiger partial charge in [0.1, 0.15) is 5.75 Å². The maximum Gasteiger partial charge on any atom is 0.457 e. The van der Waals surface area contributed by atoms with Crippen molar-refractivity contribution in [1.29, 1.82) is 0 Å². The van der Waals surface area contributed by atoms with E-state index in [9.17, 15) is 9.59 Å². The molecule has 1 aliphatic heterocycles. The zero-order valence-electron chi connectivity index (χ0n) is 19.9. The third kappa shape index (κ3) is 5.53. The molecule has 1 fully saturated rings. The molecular weight excluding hydrogens is 427 g/mol. The van der Waals surface area contributed by atoms with Crippen LogP contribution >= 0.6 is 11.3 Å². The molecule has 1 aliphatic rings. The Balaban J connectivity index is 1.65. The molecule has 1 aromatic carbocycles. The largest absolute Gasteiger partial charge is 0.496 e. The van der Waals surface area contributed by atoms with E-state index in [0.29, 0.717) is 11.5 Å². The molecule has 0 atom stereocenters. The Hall–Kier alpha value is -1.90. The van der Waals surface area contributed by atoms with Gasteiger partial charge in [-0.2, -0.15) is 0 Å². The standard InChI is InChI=1S/C24H33BO6S/c1-7-29-22(27)11-10-18(26)21-14-17-13-16(19(28-6)15-20(17)32-21)9-8-12-25-30-23(2,3)24(4,5)31-25/h13-15H,7-12H2,1-6H3. The lowest BCUT2D eigenvalue weighted by Crippen LogP contribution is -2.41. The molecule has 0 aliphatic carbocycles. The summed E-state index contributed by atoms with van der Waals surface area (Å²) in [5.41, 5.74) is 0.460. The van der Waals surface area contributed by atoms with Crippen LogP contribution in [0.1, 0.15) is 69.1 Å². The van der Waals surface area contributed by atoms with E-state index in [1.807, 2.05) is 12.1 Å². The molecule has 174 valence electrons. The summed E-state index contributed by atoms with van der Waals surface area (Å²) in [6, 6.07) is 5.99. The van der Waals surface area contributed by atoms with Crippen molar-refractivity contribution in [3.8, 4) is 5.75 Å². The first-order chi connectivity index (χ1) is 15.1. The van der Waals surface area contributed by atoms with Crippen LogP contribution in [-0.2, 0) is 25.3 Å². The van der Waals surface area contributed by atoms with Crippen molar-refractivity contribution < 1.29 is 28.4 Å². The second kappa shape index (κ2) is 9.93. The molecule has 0 spiro atoms. The van der Waals surface area contributed by atoms with Crippen LogP contribution in [0, 0.1) is 0 Å². The van der Waals surface area contributed by atoms with E-state index in [0.717, 1.165) is 40.6 Å². The summed E-state index contributed by atoms with van der Waals surface area (Å²) >= 11 is 1.43. The Morgan fingerprint density at radius 1 is 1.06 bits per heavy atom. The molecule has 8 heteroatoms. The number of esters is 1. The molecule has 0 N–H and O–H groups in total. The lowest BCUT2D eigenvalue weighted by atomic mass is 9.81. The van der Waals surface area contributed by atoms with Crippen molar-refractivity contribution in [2.45, 2.75) is 77.8 Å². The summed E-state index contributed by atoms with van der Waals surface area (Å²) in [6.45, 7) is 10.3. The molecule has 0 unspecified atom stereocenters. The molecule has 0 saturated carbocycles.